The third-order valence-electron chi connectivity index (χ3n) is 4.13. The third kappa shape index (κ3) is 4.47. The van der Waals surface area contributed by atoms with Crippen LogP contribution in [0.15, 0.2) is 22.7 Å². The predicted octanol–water partition coefficient (Wildman–Crippen LogP) is 3.42. The summed E-state index contributed by atoms with van der Waals surface area (Å²) in [5, 5.41) is 3.52. The number of rotatable bonds is 7. The molecule has 1 aliphatic carbocycles. The molecule has 0 aliphatic heterocycles. The van der Waals surface area contributed by atoms with Crippen molar-refractivity contribution in [2.45, 2.75) is 38.3 Å². The minimum Gasteiger partial charge on any atom is -0.496 e. The van der Waals surface area contributed by atoms with Gasteiger partial charge in [-0.1, -0.05) is 18.9 Å². The first kappa shape index (κ1) is 15.8. The Bertz CT molecular complexity index is 419. The van der Waals surface area contributed by atoms with Gasteiger partial charge in [-0.15, -0.1) is 0 Å². The molecule has 1 N–H and O–H groups in total. The molecule has 0 atom stereocenters. The zero-order valence-electron chi connectivity index (χ0n) is 12.5. The van der Waals surface area contributed by atoms with Crippen molar-refractivity contribution in [2.24, 2.45) is 0 Å². The van der Waals surface area contributed by atoms with Crippen LogP contribution in [0, 0.1) is 0 Å². The summed E-state index contributed by atoms with van der Waals surface area (Å²) in [4.78, 5) is 2.50. The molecule has 1 fully saturated rings. The second kappa shape index (κ2) is 8.01. The topological polar surface area (TPSA) is 24.5 Å². The number of methoxy groups -OCH3 is 1. The Morgan fingerprint density at radius 3 is 2.75 bits per heavy atom. The van der Waals surface area contributed by atoms with Gasteiger partial charge >= 0.3 is 0 Å². The van der Waals surface area contributed by atoms with Crippen LogP contribution in [0.4, 0.5) is 0 Å². The zero-order valence-corrected chi connectivity index (χ0v) is 14.1. The van der Waals surface area contributed by atoms with E-state index >= 15 is 0 Å². The lowest BCUT2D eigenvalue weighted by atomic mass is 10.2. The Morgan fingerprint density at radius 1 is 1.35 bits per heavy atom. The van der Waals surface area contributed by atoms with Crippen LogP contribution >= 0.6 is 15.9 Å². The summed E-state index contributed by atoms with van der Waals surface area (Å²) in [5.41, 5.74) is 1.28. The number of likely N-dealkylation sites (N-methyl/N-ethyl adjacent to an activating group) is 1. The molecule has 2 rings (SSSR count). The molecule has 3 nitrogen and oxygen atoms in total. The molecular weight excluding hydrogens is 316 g/mol. The van der Waals surface area contributed by atoms with Crippen molar-refractivity contribution in [2.75, 3.05) is 27.2 Å². The van der Waals surface area contributed by atoms with E-state index in [0.717, 1.165) is 35.9 Å². The second-order valence-electron chi connectivity index (χ2n) is 5.56. The van der Waals surface area contributed by atoms with Crippen LogP contribution in [0.2, 0.25) is 0 Å². The van der Waals surface area contributed by atoms with Gasteiger partial charge in [-0.05, 0) is 53.5 Å². The van der Waals surface area contributed by atoms with Gasteiger partial charge in [-0.3, -0.25) is 0 Å². The Morgan fingerprint density at radius 2 is 2.10 bits per heavy atom. The fourth-order valence-electron chi connectivity index (χ4n) is 2.84. The minimum absolute atomic E-state index is 0.812. The Hall–Kier alpha value is -0.580. The maximum absolute atomic E-state index is 5.24. The summed E-state index contributed by atoms with van der Waals surface area (Å²) in [5.74, 6) is 0.884. The second-order valence-corrected chi connectivity index (χ2v) is 6.42. The van der Waals surface area contributed by atoms with Gasteiger partial charge in [0.2, 0.25) is 0 Å². The lowest BCUT2D eigenvalue weighted by Crippen LogP contribution is -2.35. The van der Waals surface area contributed by atoms with E-state index < -0.39 is 0 Å². The van der Waals surface area contributed by atoms with Crippen LogP contribution in [-0.4, -0.2) is 38.2 Å². The fraction of sp³-hybridized carbons (Fsp3) is 0.625. The van der Waals surface area contributed by atoms with Crippen molar-refractivity contribution in [3.8, 4) is 5.75 Å². The first-order valence-corrected chi connectivity index (χ1v) is 8.23. The molecule has 0 amide bonds. The first-order valence-electron chi connectivity index (χ1n) is 7.44. The van der Waals surface area contributed by atoms with E-state index in [4.69, 9.17) is 4.74 Å². The van der Waals surface area contributed by atoms with E-state index in [9.17, 15) is 0 Å². The molecule has 20 heavy (non-hydrogen) atoms. The van der Waals surface area contributed by atoms with Crippen LogP contribution in [0.1, 0.15) is 31.2 Å². The lowest BCUT2D eigenvalue weighted by Gasteiger charge is -2.24. The van der Waals surface area contributed by atoms with Gasteiger partial charge in [0.15, 0.2) is 0 Å². The van der Waals surface area contributed by atoms with Crippen LogP contribution in [0.5, 0.6) is 5.75 Å². The summed E-state index contributed by atoms with van der Waals surface area (Å²) in [6.07, 6.45) is 5.56. The molecule has 1 aromatic carbocycles. The predicted molar refractivity (Wildman–Crippen MR) is 87.3 cm³/mol. The van der Waals surface area contributed by atoms with Crippen LogP contribution in [-0.2, 0) is 6.54 Å². The summed E-state index contributed by atoms with van der Waals surface area (Å²) >= 11 is 3.52. The Labute approximate surface area is 130 Å². The molecule has 0 heterocycles. The third-order valence-corrected chi connectivity index (χ3v) is 4.75. The minimum atomic E-state index is 0.812. The molecule has 0 unspecified atom stereocenters. The van der Waals surface area contributed by atoms with Crippen molar-refractivity contribution in [1.82, 2.24) is 10.2 Å². The standard InChI is InChI=1S/C16H25BrN2O/c1-19(14-5-3-4-6-14)10-9-18-12-13-7-8-16(20-2)15(17)11-13/h7-8,11,14,18H,3-6,9-10,12H2,1-2H3. The molecule has 0 spiro atoms. The van der Waals surface area contributed by atoms with Gasteiger partial charge in [0.25, 0.3) is 0 Å². The maximum Gasteiger partial charge on any atom is 0.133 e. The molecule has 0 aromatic heterocycles. The highest BCUT2D eigenvalue weighted by Gasteiger charge is 2.18. The summed E-state index contributed by atoms with van der Waals surface area (Å²) < 4.78 is 6.26. The Kier molecular flexibility index (Phi) is 6.33. The van der Waals surface area contributed by atoms with Crippen molar-refractivity contribution < 1.29 is 4.74 Å². The van der Waals surface area contributed by atoms with Gasteiger partial charge in [0.05, 0.1) is 11.6 Å². The van der Waals surface area contributed by atoms with Crippen LogP contribution in [0.3, 0.4) is 0 Å². The normalized spacial score (nSPS) is 16.0. The number of hydrogen-bond donors (Lipinski definition) is 1. The molecule has 112 valence electrons. The average molecular weight is 341 g/mol. The quantitative estimate of drug-likeness (QED) is 0.769. The zero-order chi connectivity index (χ0) is 14.4. The summed E-state index contributed by atoms with van der Waals surface area (Å²) in [6.45, 7) is 3.07. The van der Waals surface area contributed by atoms with E-state index in [2.05, 4.69) is 45.3 Å². The number of hydrogen-bond acceptors (Lipinski definition) is 3. The molecule has 0 saturated heterocycles. The Balaban J connectivity index is 1.69. The fourth-order valence-corrected chi connectivity index (χ4v) is 3.42. The molecule has 0 bridgehead atoms. The van der Waals surface area contributed by atoms with E-state index in [-0.39, 0.29) is 0 Å². The number of benzene rings is 1. The van der Waals surface area contributed by atoms with E-state index in [1.165, 1.54) is 31.2 Å². The highest BCUT2D eigenvalue weighted by molar-refractivity contribution is 9.10. The highest BCUT2D eigenvalue weighted by Crippen LogP contribution is 2.25. The smallest absolute Gasteiger partial charge is 0.133 e. The largest absolute Gasteiger partial charge is 0.496 e. The van der Waals surface area contributed by atoms with Crippen molar-refractivity contribution in [3.63, 3.8) is 0 Å². The van der Waals surface area contributed by atoms with Crippen molar-refractivity contribution in [1.29, 1.82) is 0 Å². The van der Waals surface area contributed by atoms with Gasteiger partial charge in [-0.25, -0.2) is 0 Å². The summed E-state index contributed by atoms with van der Waals surface area (Å²) in [6, 6.07) is 7.04. The first-order chi connectivity index (χ1) is 9.70. The van der Waals surface area contributed by atoms with E-state index in [0.29, 0.717) is 0 Å². The van der Waals surface area contributed by atoms with E-state index in [1.54, 1.807) is 7.11 Å². The highest BCUT2D eigenvalue weighted by atomic mass is 79.9. The number of halogens is 1. The molecule has 1 aliphatic rings. The van der Waals surface area contributed by atoms with Gasteiger partial charge < -0.3 is 15.0 Å². The number of nitrogens with one attached hydrogen (secondary N) is 1. The number of nitrogens with zero attached hydrogens (tertiary/aromatic N) is 1. The maximum atomic E-state index is 5.24. The molecule has 1 aromatic rings. The van der Waals surface area contributed by atoms with Crippen LogP contribution < -0.4 is 10.1 Å². The molecule has 4 heteroatoms. The molecular formula is C16H25BrN2O. The van der Waals surface area contributed by atoms with Crippen molar-refractivity contribution in [3.05, 3.63) is 28.2 Å². The monoisotopic (exact) mass is 340 g/mol. The number of ether oxygens (including phenoxy) is 1. The average Bonchev–Trinajstić information content (AvgIpc) is 2.98. The molecule has 0 radical (unpaired) electrons. The molecule has 1 saturated carbocycles. The van der Waals surface area contributed by atoms with E-state index in [1.807, 2.05) is 6.07 Å². The summed E-state index contributed by atoms with van der Waals surface area (Å²) in [7, 11) is 3.94. The van der Waals surface area contributed by atoms with Gasteiger partial charge in [-0.2, -0.15) is 0 Å². The van der Waals surface area contributed by atoms with Gasteiger partial charge in [0.1, 0.15) is 5.75 Å². The van der Waals surface area contributed by atoms with Gasteiger partial charge in [0, 0.05) is 25.7 Å². The lowest BCUT2D eigenvalue weighted by molar-refractivity contribution is 0.245. The van der Waals surface area contributed by atoms with Crippen molar-refractivity contribution >= 4 is 15.9 Å². The van der Waals surface area contributed by atoms with Crippen LogP contribution in [0.25, 0.3) is 0 Å². The SMILES string of the molecule is COc1ccc(CNCCN(C)C2CCCC2)cc1Br.